The van der Waals surface area contributed by atoms with Gasteiger partial charge in [0.1, 0.15) is 5.78 Å². The summed E-state index contributed by atoms with van der Waals surface area (Å²) in [6.45, 7) is 0. The molecule has 2 bridgehead atoms. The number of ketones is 1. The highest BCUT2D eigenvalue weighted by atomic mass is 16.4. The van der Waals surface area contributed by atoms with Gasteiger partial charge in [0, 0.05) is 12.3 Å². The standard InChI is InChI=1S/C16H16O3/c17-13(8-10-4-2-1-3-5-10)14-11-6-7-12(9-11)15(14)16(18)19/h1-7,11-12,14-15H,8-9H2,(H,18,19)/t11-,12+,14-,15+/m1/s1. The molecular formula is C16H16O3. The van der Waals surface area contributed by atoms with Crippen LogP contribution in [-0.4, -0.2) is 16.9 Å². The van der Waals surface area contributed by atoms with Crippen molar-refractivity contribution in [2.75, 3.05) is 0 Å². The lowest BCUT2D eigenvalue weighted by Gasteiger charge is -2.23. The van der Waals surface area contributed by atoms with Gasteiger partial charge in [-0.3, -0.25) is 9.59 Å². The summed E-state index contributed by atoms with van der Waals surface area (Å²) >= 11 is 0. The van der Waals surface area contributed by atoms with Gasteiger partial charge in [-0.05, 0) is 23.8 Å². The minimum Gasteiger partial charge on any atom is -0.481 e. The summed E-state index contributed by atoms with van der Waals surface area (Å²) < 4.78 is 0. The minimum atomic E-state index is -0.830. The zero-order chi connectivity index (χ0) is 13.4. The first-order valence-corrected chi connectivity index (χ1v) is 6.64. The number of carbonyl (C=O) groups excluding carboxylic acids is 1. The largest absolute Gasteiger partial charge is 0.481 e. The molecule has 0 unspecified atom stereocenters. The van der Waals surface area contributed by atoms with Crippen LogP contribution >= 0.6 is 0 Å². The highest BCUT2D eigenvalue weighted by Crippen LogP contribution is 2.48. The summed E-state index contributed by atoms with van der Waals surface area (Å²) in [5, 5.41) is 9.33. The Morgan fingerprint density at radius 3 is 2.32 bits per heavy atom. The van der Waals surface area contributed by atoms with Crippen molar-refractivity contribution in [3.63, 3.8) is 0 Å². The minimum absolute atomic E-state index is 0.0484. The lowest BCUT2D eigenvalue weighted by Crippen LogP contribution is -2.33. The van der Waals surface area contributed by atoms with Gasteiger partial charge in [-0.25, -0.2) is 0 Å². The molecule has 0 aromatic heterocycles. The van der Waals surface area contributed by atoms with E-state index in [4.69, 9.17) is 0 Å². The molecule has 0 saturated heterocycles. The van der Waals surface area contributed by atoms with Crippen LogP contribution in [0.15, 0.2) is 42.5 Å². The highest BCUT2D eigenvalue weighted by Gasteiger charge is 2.51. The first-order valence-electron chi connectivity index (χ1n) is 6.64. The van der Waals surface area contributed by atoms with E-state index < -0.39 is 11.9 Å². The Balaban J connectivity index is 1.79. The summed E-state index contributed by atoms with van der Waals surface area (Å²) in [5.74, 6) is -1.45. The van der Waals surface area contributed by atoms with Crippen molar-refractivity contribution in [2.45, 2.75) is 12.8 Å². The van der Waals surface area contributed by atoms with Gasteiger partial charge in [0.25, 0.3) is 0 Å². The fourth-order valence-electron chi connectivity index (χ4n) is 3.51. The molecule has 19 heavy (non-hydrogen) atoms. The summed E-state index contributed by atoms with van der Waals surface area (Å²) in [6.07, 6.45) is 5.15. The van der Waals surface area contributed by atoms with Crippen LogP contribution in [0.3, 0.4) is 0 Å². The summed E-state index contributed by atoms with van der Waals surface area (Å²) in [7, 11) is 0. The van der Waals surface area contributed by atoms with Gasteiger partial charge >= 0.3 is 5.97 Å². The van der Waals surface area contributed by atoms with Crippen molar-refractivity contribution in [3.8, 4) is 0 Å². The topological polar surface area (TPSA) is 54.4 Å². The SMILES string of the molecule is O=C(Cc1ccccc1)[C@@H]1[C@@H](C(=O)O)[C@H]2C=C[C@@H]1C2. The molecule has 4 atom stereocenters. The zero-order valence-electron chi connectivity index (χ0n) is 10.5. The molecule has 0 heterocycles. The average Bonchev–Trinajstić information content (AvgIpc) is 2.99. The van der Waals surface area contributed by atoms with Crippen molar-refractivity contribution in [2.24, 2.45) is 23.7 Å². The Kier molecular flexibility index (Phi) is 2.97. The van der Waals surface area contributed by atoms with Gasteiger partial charge in [-0.1, -0.05) is 42.5 Å². The molecule has 2 aliphatic carbocycles. The molecule has 1 fully saturated rings. The quantitative estimate of drug-likeness (QED) is 0.841. The third kappa shape index (κ3) is 2.09. The molecule has 0 amide bonds. The van der Waals surface area contributed by atoms with Gasteiger partial charge in [0.05, 0.1) is 5.92 Å². The van der Waals surface area contributed by atoms with E-state index in [0.29, 0.717) is 6.42 Å². The Bertz CT molecular complexity index is 532. The number of carboxylic acids is 1. The second-order valence-electron chi connectivity index (χ2n) is 5.47. The van der Waals surface area contributed by atoms with E-state index in [1.165, 1.54) is 0 Å². The van der Waals surface area contributed by atoms with E-state index in [2.05, 4.69) is 0 Å². The maximum Gasteiger partial charge on any atom is 0.307 e. The highest BCUT2D eigenvalue weighted by molar-refractivity contribution is 5.89. The van der Waals surface area contributed by atoms with Crippen LogP contribution in [0.1, 0.15) is 12.0 Å². The number of rotatable bonds is 4. The average molecular weight is 256 g/mol. The number of aliphatic carboxylic acids is 1. The first kappa shape index (κ1) is 12.2. The third-order valence-corrected chi connectivity index (χ3v) is 4.34. The summed E-state index contributed by atoms with van der Waals surface area (Å²) in [5.41, 5.74) is 0.961. The fourth-order valence-corrected chi connectivity index (χ4v) is 3.51. The normalized spacial score (nSPS) is 31.6. The van der Waals surface area contributed by atoms with Gasteiger partial charge in [-0.2, -0.15) is 0 Å². The molecule has 98 valence electrons. The first-order chi connectivity index (χ1) is 9.16. The van der Waals surface area contributed by atoms with E-state index in [-0.39, 0.29) is 23.5 Å². The lowest BCUT2D eigenvalue weighted by molar-refractivity contribution is -0.147. The van der Waals surface area contributed by atoms with E-state index in [9.17, 15) is 14.7 Å². The second kappa shape index (κ2) is 4.65. The molecule has 3 heteroatoms. The predicted octanol–water partition coefficient (Wildman–Crippen LogP) is 2.32. The molecule has 1 N–H and O–H groups in total. The van der Waals surface area contributed by atoms with Crippen LogP contribution in [0.4, 0.5) is 0 Å². The molecule has 2 aliphatic rings. The summed E-state index contributed by atoms with van der Waals surface area (Å²) in [6, 6.07) is 9.54. The van der Waals surface area contributed by atoms with Gasteiger partial charge in [-0.15, -0.1) is 0 Å². The van der Waals surface area contributed by atoms with Crippen molar-refractivity contribution in [1.29, 1.82) is 0 Å². The third-order valence-electron chi connectivity index (χ3n) is 4.34. The van der Waals surface area contributed by atoms with E-state index in [1.54, 1.807) is 0 Å². The van der Waals surface area contributed by atoms with Crippen molar-refractivity contribution in [3.05, 3.63) is 48.0 Å². The van der Waals surface area contributed by atoms with Crippen molar-refractivity contribution in [1.82, 2.24) is 0 Å². The monoisotopic (exact) mass is 256 g/mol. The Hall–Kier alpha value is -1.90. The Labute approximate surface area is 111 Å². The van der Waals surface area contributed by atoms with Crippen LogP contribution in [0.25, 0.3) is 0 Å². The number of hydrogen-bond acceptors (Lipinski definition) is 2. The number of carboxylic acid groups (broad SMARTS) is 1. The van der Waals surface area contributed by atoms with Gasteiger partial charge in [0.15, 0.2) is 0 Å². The van der Waals surface area contributed by atoms with Gasteiger partial charge in [0.2, 0.25) is 0 Å². The molecule has 0 spiro atoms. The molecule has 0 aliphatic heterocycles. The zero-order valence-corrected chi connectivity index (χ0v) is 10.5. The second-order valence-corrected chi connectivity index (χ2v) is 5.47. The van der Waals surface area contributed by atoms with Gasteiger partial charge < -0.3 is 5.11 Å². The lowest BCUT2D eigenvalue weighted by atomic mass is 9.79. The summed E-state index contributed by atoms with van der Waals surface area (Å²) in [4.78, 5) is 23.8. The number of Topliss-reactive ketones (excluding diaryl/α,β-unsaturated/α-hetero) is 1. The predicted molar refractivity (Wildman–Crippen MR) is 70.5 cm³/mol. The number of carbonyl (C=O) groups is 2. The molecule has 3 nitrogen and oxygen atoms in total. The Morgan fingerprint density at radius 1 is 1.05 bits per heavy atom. The maximum atomic E-state index is 12.4. The van der Waals surface area contributed by atoms with Crippen LogP contribution < -0.4 is 0 Å². The van der Waals surface area contributed by atoms with Crippen LogP contribution in [0.5, 0.6) is 0 Å². The number of hydrogen-bond donors (Lipinski definition) is 1. The molecule has 3 rings (SSSR count). The van der Waals surface area contributed by atoms with Crippen LogP contribution in [-0.2, 0) is 16.0 Å². The molecule has 1 saturated carbocycles. The Morgan fingerprint density at radius 2 is 1.68 bits per heavy atom. The number of fused-ring (bicyclic) bond motifs is 2. The fraction of sp³-hybridized carbons (Fsp3) is 0.375. The van der Waals surface area contributed by atoms with Crippen molar-refractivity contribution < 1.29 is 14.7 Å². The smallest absolute Gasteiger partial charge is 0.307 e. The van der Waals surface area contributed by atoms with Crippen molar-refractivity contribution >= 4 is 11.8 Å². The van der Waals surface area contributed by atoms with Crippen LogP contribution in [0, 0.1) is 23.7 Å². The molecule has 1 aromatic carbocycles. The van der Waals surface area contributed by atoms with E-state index >= 15 is 0 Å². The number of benzene rings is 1. The van der Waals surface area contributed by atoms with Crippen LogP contribution in [0.2, 0.25) is 0 Å². The molecule has 1 aromatic rings. The van der Waals surface area contributed by atoms with E-state index in [1.807, 2.05) is 42.5 Å². The molecule has 0 radical (unpaired) electrons. The van der Waals surface area contributed by atoms with E-state index in [0.717, 1.165) is 12.0 Å². The maximum absolute atomic E-state index is 12.4. The molecular weight excluding hydrogens is 240 g/mol. The number of allylic oxidation sites excluding steroid dienone is 2.